The fourth-order valence-electron chi connectivity index (χ4n) is 10.9. The molecule has 0 spiro atoms. The number of hydrogen-bond donors (Lipinski definition) is 2. The molecule has 10 aromatic carbocycles. The predicted octanol–water partition coefficient (Wildman–Crippen LogP) is 32.2. The van der Waals surface area contributed by atoms with Crippen LogP contribution in [0.15, 0.2) is 285 Å². The summed E-state index contributed by atoms with van der Waals surface area (Å²) in [5.41, 5.74) is 21.6. The Balaban J connectivity index is 0.000000249. The van der Waals surface area contributed by atoms with Gasteiger partial charge in [-0.05, 0) is 82.8 Å². The Bertz CT molecular complexity index is 5210. The Labute approximate surface area is 787 Å². The van der Waals surface area contributed by atoms with Crippen LogP contribution in [0, 0.1) is 58.2 Å². The number of aromatic nitrogens is 3. The maximum Gasteiger partial charge on any atom is 0.144 e. The van der Waals surface area contributed by atoms with Gasteiger partial charge in [0.1, 0.15) is 17.3 Å². The molecule has 0 aliphatic carbocycles. The number of benzene rings is 10. The summed E-state index contributed by atoms with van der Waals surface area (Å²) in [6, 6.07) is 85.6. The average molecular weight is 2270 g/mol. The van der Waals surface area contributed by atoms with Gasteiger partial charge in [-0.1, -0.05) is 226 Å². The second-order valence-corrected chi connectivity index (χ2v) is 42.4. The molecule has 0 radical (unpaired) electrons. The molecule has 0 atom stereocenters. The van der Waals surface area contributed by atoms with Crippen molar-refractivity contribution in [2.45, 2.75) is 173 Å². The first-order chi connectivity index (χ1) is 57.0. The van der Waals surface area contributed by atoms with Crippen LogP contribution >= 0.6 is 78.3 Å². The molecule has 3 heterocycles. The molecular formula is C102H113Br2Cl4FMoN6O2SW2-4. The molecule has 0 saturated carbocycles. The van der Waals surface area contributed by atoms with Crippen molar-refractivity contribution in [2.75, 3.05) is 0 Å². The summed E-state index contributed by atoms with van der Waals surface area (Å²) in [5.74, 6) is 1.04. The van der Waals surface area contributed by atoms with Gasteiger partial charge in [-0.25, -0.2) is 4.39 Å². The standard InChI is InChI=1S/C18H14S.C16H18O.C12H17N.C10H12.C6H3Br2FO.2C6H3Cl2N.3C6H8N.2C5H10.Mo.2W/c19-18-16(14-8-3-1-4-9-14)12-7-13-17(18)15-10-5-2-6-11-15;1-16(2,3)14-11-7-10-13(15(14)17)12-8-5-4-6-9-12;1-8(2)10-6-5-7-11(9(3)4)12(10)13;1-10(2,3)9-7-5-4-6-8-9;7-4-1-3(9)2-5(8)6(4)10;2*7-4-2-1-3-5(8)6(4)9;3*1-5-3-4-6(2)7-5;2*1-5(2,3)4;;;/h1-13,19H;4-11,17H,1-3H3;5-9H,1-4H3;1,4-8H,2-3H3;1-2,10H;2*1-3H;3*3-4H,1-2H3;2*1H,2-4H3;;;/q;;;;;;;3*-1;;;;;/p-1. The van der Waals surface area contributed by atoms with E-state index in [0.717, 1.165) is 78.3 Å². The van der Waals surface area contributed by atoms with E-state index in [0.29, 0.717) is 46.6 Å². The fourth-order valence-corrected chi connectivity index (χ4v) is 20.9. The number of para-hydroxylation sites is 1. The van der Waals surface area contributed by atoms with Crippen LogP contribution < -0.4 is 15.0 Å². The summed E-state index contributed by atoms with van der Waals surface area (Å²) in [7, 11) is 0. The maximum atomic E-state index is 12.4. The normalized spacial score (nSPS) is 10.7. The molecule has 19 heteroatoms. The van der Waals surface area contributed by atoms with Crippen LogP contribution in [0.25, 0.3) is 33.4 Å². The van der Waals surface area contributed by atoms with Gasteiger partial charge in [-0.2, -0.15) is 39.1 Å². The van der Waals surface area contributed by atoms with Crippen LogP contribution in [0.3, 0.4) is 0 Å². The minimum absolute atomic E-state index is 0.0152. The monoisotopic (exact) mass is 2270 g/mol. The number of hydrogen-bond acceptors (Lipinski definition) is 6. The first-order valence-electron chi connectivity index (χ1n) is 39.5. The molecule has 640 valence electrons. The van der Waals surface area contributed by atoms with Gasteiger partial charge in [-0.15, -0.1) is 0 Å². The first kappa shape index (κ1) is 105. The maximum absolute atomic E-state index is 12.4. The topological polar surface area (TPSA) is 120 Å². The summed E-state index contributed by atoms with van der Waals surface area (Å²) in [6.45, 7) is 45.0. The molecule has 0 bridgehead atoms. The van der Waals surface area contributed by atoms with Gasteiger partial charge in [0.25, 0.3) is 0 Å². The SMILES string of the molecule is CC(C)(C)[CH]=[W]=[N]c1c(Cl)cccc1Cl.CC(C)(C)[CH]=[W]=[N]c1c(Cl)cccc1Cl.CC(C)(C)c1cccc(-c2ccccc2)c1O.CC(C)c1cccc(C(C)C)c1[N]=[Mo]=[CH]C(C)(C)c1ccccc1.Cc1ccc(C)[n-]1.Cc1ccc(C)[n-]1.Cc1ccc(C)[n-]1.Oc1c(Br)cc(F)cc1Br.[S-]c1c(-c2ccccc2)cccc1-c1ccccc1. The molecular weight excluding hydrogens is 2160 g/mol. The Kier molecular flexibility index (Phi) is 45.0. The van der Waals surface area contributed by atoms with E-state index >= 15 is 0 Å². The van der Waals surface area contributed by atoms with Crippen molar-refractivity contribution in [1.82, 2.24) is 15.0 Å². The second kappa shape index (κ2) is 52.1. The largest absolute Gasteiger partial charge is 0.779 e. The van der Waals surface area contributed by atoms with Crippen molar-refractivity contribution >= 4 is 121 Å². The minimum Gasteiger partial charge on any atom is -0.779 e. The molecule has 13 aromatic rings. The van der Waals surface area contributed by atoms with Gasteiger partial charge in [-0.3, -0.25) is 0 Å². The van der Waals surface area contributed by atoms with E-state index in [2.05, 4.69) is 262 Å². The predicted molar refractivity (Wildman–Crippen MR) is 517 cm³/mol. The van der Waals surface area contributed by atoms with Crippen LogP contribution in [0.5, 0.6) is 11.5 Å². The Morgan fingerprint density at radius 2 is 0.711 bits per heavy atom. The molecule has 121 heavy (non-hydrogen) atoms. The van der Waals surface area contributed by atoms with Crippen LogP contribution in [0.2, 0.25) is 20.1 Å². The Hall–Kier alpha value is -7.02. The third-order valence-electron chi connectivity index (χ3n) is 17.2. The summed E-state index contributed by atoms with van der Waals surface area (Å²) in [6.07, 6.45) is 0. The molecule has 0 unspecified atom stereocenters. The number of aromatic hydroxyl groups is 2. The number of nitrogens with zero attached hydrogens (tertiary/aromatic N) is 6. The van der Waals surface area contributed by atoms with E-state index in [1.54, 1.807) is 0 Å². The molecule has 0 amide bonds. The van der Waals surface area contributed by atoms with E-state index in [-0.39, 0.29) is 27.4 Å². The molecule has 0 saturated heterocycles. The van der Waals surface area contributed by atoms with E-state index in [1.165, 1.54) is 45.6 Å². The Morgan fingerprint density at radius 3 is 1.02 bits per heavy atom. The average Bonchev–Trinajstić information content (AvgIpc) is 0.925. The van der Waals surface area contributed by atoms with Crippen molar-refractivity contribution in [3.63, 3.8) is 0 Å². The number of rotatable bonds is 10. The number of phenols is 2. The molecule has 0 fully saturated rings. The number of halogens is 7. The fraction of sp³-hybridized carbons (Fsp3) is 0.265. The van der Waals surface area contributed by atoms with Gasteiger partial charge >= 0.3 is 374 Å². The molecule has 0 aliphatic heterocycles. The zero-order chi connectivity index (χ0) is 89.8. The van der Waals surface area contributed by atoms with E-state index < -0.39 is 59.6 Å². The third kappa shape index (κ3) is 38.2. The quantitative estimate of drug-likeness (QED) is 0.104. The minimum atomic E-state index is -0.850. The second-order valence-electron chi connectivity index (χ2n) is 32.6. The first-order valence-corrected chi connectivity index (χ1v) is 51.1. The summed E-state index contributed by atoms with van der Waals surface area (Å²) in [5, 5.41) is 22.0. The summed E-state index contributed by atoms with van der Waals surface area (Å²) < 4.78 is 34.4. The molecule has 8 nitrogen and oxygen atoms in total. The third-order valence-corrected chi connectivity index (χ3v) is 30.4. The van der Waals surface area contributed by atoms with E-state index in [9.17, 15) is 9.50 Å². The summed E-state index contributed by atoms with van der Waals surface area (Å²) >= 11 is 33.4. The van der Waals surface area contributed by atoms with Crippen molar-refractivity contribution in [3.05, 3.63) is 352 Å². The molecule has 2 N–H and O–H groups in total. The van der Waals surface area contributed by atoms with Crippen LogP contribution in [-0.2, 0) is 77.2 Å². The van der Waals surface area contributed by atoms with Gasteiger partial charge in [0.2, 0.25) is 0 Å². The van der Waals surface area contributed by atoms with Crippen molar-refractivity contribution in [3.8, 4) is 44.9 Å². The smallest absolute Gasteiger partial charge is 0.144 e. The van der Waals surface area contributed by atoms with E-state index in [1.807, 2.05) is 199 Å². The van der Waals surface area contributed by atoms with Crippen LogP contribution in [0.4, 0.5) is 21.5 Å². The van der Waals surface area contributed by atoms with Gasteiger partial charge in [0, 0.05) is 5.56 Å². The zero-order valence-electron chi connectivity index (χ0n) is 73.1. The number of aryl methyl sites for hydroxylation is 6. The molecule has 3 aromatic heterocycles. The van der Waals surface area contributed by atoms with E-state index in [4.69, 9.17) is 67.6 Å². The van der Waals surface area contributed by atoms with Crippen LogP contribution in [0.1, 0.15) is 172 Å². The van der Waals surface area contributed by atoms with Gasteiger partial charge in [0.05, 0.1) is 8.95 Å². The zero-order valence-corrected chi connectivity index (χ0v) is 88.0. The van der Waals surface area contributed by atoms with Gasteiger partial charge in [0.15, 0.2) is 0 Å². The van der Waals surface area contributed by atoms with Crippen LogP contribution in [-0.4, -0.2) is 23.4 Å². The number of phenolic OH excluding ortho intramolecular Hbond substituents is 2. The van der Waals surface area contributed by atoms with Crippen molar-refractivity contribution in [2.24, 2.45) is 21.3 Å². The molecule has 13 rings (SSSR count). The molecule has 0 aliphatic rings. The van der Waals surface area contributed by atoms with Gasteiger partial charge < -0.3 is 37.8 Å². The Morgan fingerprint density at radius 1 is 0.405 bits per heavy atom. The van der Waals surface area contributed by atoms with Crippen molar-refractivity contribution < 1.29 is 68.4 Å². The summed E-state index contributed by atoms with van der Waals surface area (Å²) in [4.78, 5) is 13.2. The van der Waals surface area contributed by atoms with Crippen molar-refractivity contribution in [1.29, 1.82) is 0 Å².